The van der Waals surface area contributed by atoms with E-state index in [1.807, 2.05) is 11.0 Å². The number of rotatable bonds is 3. The van der Waals surface area contributed by atoms with E-state index in [1.54, 1.807) is 0 Å². The number of likely N-dealkylation sites (tertiary alicyclic amines) is 2. The van der Waals surface area contributed by atoms with Gasteiger partial charge in [0.15, 0.2) is 0 Å². The molecule has 1 aromatic heterocycles. The molecule has 194 valence electrons. The van der Waals surface area contributed by atoms with Crippen LogP contribution in [-0.4, -0.2) is 56.8 Å². The second-order valence-corrected chi connectivity index (χ2v) is 12.6. The lowest BCUT2D eigenvalue weighted by molar-refractivity contribution is -0.0223. The van der Waals surface area contributed by atoms with E-state index in [2.05, 4.69) is 55.5 Å². The molecule has 2 N–H and O–H groups in total. The number of nitrogens with zero attached hydrogens (tertiary/aromatic N) is 4. The molecule has 2 saturated heterocycles. The fraction of sp³-hybridized carbons (Fsp3) is 0.655. The number of fused-ring (bicyclic) bond motifs is 4. The van der Waals surface area contributed by atoms with Gasteiger partial charge in [0.1, 0.15) is 17.0 Å². The fourth-order valence-corrected chi connectivity index (χ4v) is 7.04. The Hall–Kier alpha value is -2.54. The number of hydrogen-bond donors (Lipinski definition) is 1. The van der Waals surface area contributed by atoms with Crippen LogP contribution in [0.3, 0.4) is 0 Å². The molecule has 2 atom stereocenters. The van der Waals surface area contributed by atoms with Crippen LogP contribution < -0.4 is 10.5 Å². The van der Waals surface area contributed by atoms with Gasteiger partial charge < -0.3 is 15.4 Å². The lowest BCUT2D eigenvalue weighted by Gasteiger charge is -2.48. The van der Waals surface area contributed by atoms with Gasteiger partial charge in [-0.05, 0) is 65.0 Å². The Labute approximate surface area is 215 Å². The zero-order valence-electron chi connectivity index (χ0n) is 22.3. The predicted octanol–water partition coefficient (Wildman–Crippen LogP) is 5.22. The zero-order chi connectivity index (χ0) is 25.2. The van der Waals surface area contributed by atoms with E-state index in [0.717, 1.165) is 62.2 Å². The third kappa shape index (κ3) is 4.00. The van der Waals surface area contributed by atoms with Crippen molar-refractivity contribution in [3.8, 4) is 17.0 Å². The van der Waals surface area contributed by atoms with Crippen molar-refractivity contribution in [2.45, 2.75) is 95.9 Å². The Balaban J connectivity index is 1.38. The van der Waals surface area contributed by atoms with Crippen molar-refractivity contribution < 1.29 is 9.53 Å². The summed E-state index contributed by atoms with van der Waals surface area (Å²) in [7, 11) is 0. The number of para-hydroxylation sites is 1. The minimum absolute atomic E-state index is 0.111. The van der Waals surface area contributed by atoms with Crippen LogP contribution in [0, 0.1) is 12.8 Å². The Morgan fingerprint density at radius 1 is 1.14 bits per heavy atom. The molecule has 7 nitrogen and oxygen atoms in total. The molecule has 2 unspecified atom stereocenters. The van der Waals surface area contributed by atoms with Crippen LogP contribution in [-0.2, 0) is 5.60 Å². The molecule has 1 spiro atoms. The normalized spacial score (nSPS) is 27.0. The Morgan fingerprint density at radius 3 is 2.53 bits per heavy atom. The molecule has 1 aliphatic carbocycles. The summed E-state index contributed by atoms with van der Waals surface area (Å²) >= 11 is 0. The smallest absolute Gasteiger partial charge is 0.315 e. The quantitative estimate of drug-likeness (QED) is 0.638. The van der Waals surface area contributed by atoms with Gasteiger partial charge in [0.2, 0.25) is 0 Å². The molecule has 4 aliphatic rings. The number of amides is 2. The molecule has 2 amide bonds. The number of urea groups is 1. The third-order valence-electron chi connectivity index (χ3n) is 9.16. The van der Waals surface area contributed by atoms with E-state index in [9.17, 15) is 4.79 Å². The topological polar surface area (TPSA) is 76.6 Å². The average molecular weight is 492 g/mol. The van der Waals surface area contributed by atoms with Gasteiger partial charge in [0.25, 0.3) is 0 Å². The first-order valence-corrected chi connectivity index (χ1v) is 13.9. The molecule has 1 aromatic carbocycles. The Bertz CT molecular complexity index is 1150. The number of nitrogens with two attached hydrogens (primary N) is 1. The highest BCUT2D eigenvalue weighted by atomic mass is 16.5. The van der Waals surface area contributed by atoms with E-state index in [0.29, 0.717) is 18.5 Å². The first-order chi connectivity index (χ1) is 17.2. The standard InChI is InChI=1S/C29H41N5O2/c1-19-25-26(31-34(19)21-11-14-32(15-12-21)28(2,3)4)23-7-5-6-8-24(23)36-29(25)13-16-33(27(30)35)22(18-29)17-20-9-10-20/h5-8,20-22H,9-18H2,1-4H3,(H2,30,35). The number of benzene rings is 1. The minimum atomic E-state index is -0.469. The molecule has 3 fully saturated rings. The second-order valence-electron chi connectivity index (χ2n) is 12.6. The molecular formula is C29H41N5O2. The number of carbonyl (C=O) groups is 1. The van der Waals surface area contributed by atoms with E-state index < -0.39 is 5.60 Å². The summed E-state index contributed by atoms with van der Waals surface area (Å²) < 4.78 is 9.26. The van der Waals surface area contributed by atoms with Crippen LogP contribution in [0.5, 0.6) is 5.75 Å². The largest absolute Gasteiger partial charge is 0.482 e. The molecule has 36 heavy (non-hydrogen) atoms. The second kappa shape index (κ2) is 8.51. The van der Waals surface area contributed by atoms with Crippen LogP contribution in [0.2, 0.25) is 0 Å². The molecule has 0 radical (unpaired) electrons. The molecule has 4 heterocycles. The van der Waals surface area contributed by atoms with Crippen molar-refractivity contribution in [2.75, 3.05) is 19.6 Å². The van der Waals surface area contributed by atoms with E-state index in [4.69, 9.17) is 15.6 Å². The van der Waals surface area contributed by atoms with Crippen molar-refractivity contribution in [3.63, 3.8) is 0 Å². The molecule has 0 bridgehead atoms. The van der Waals surface area contributed by atoms with Crippen molar-refractivity contribution in [1.29, 1.82) is 0 Å². The number of carbonyl (C=O) groups excluding carboxylic acids is 1. The van der Waals surface area contributed by atoms with Crippen LogP contribution in [0.15, 0.2) is 24.3 Å². The van der Waals surface area contributed by atoms with Gasteiger partial charge in [-0.15, -0.1) is 0 Å². The third-order valence-corrected chi connectivity index (χ3v) is 9.16. The summed E-state index contributed by atoms with van der Waals surface area (Å²) in [6, 6.07) is 8.54. The van der Waals surface area contributed by atoms with Crippen molar-refractivity contribution in [2.24, 2.45) is 11.7 Å². The van der Waals surface area contributed by atoms with Gasteiger partial charge >= 0.3 is 6.03 Å². The lowest BCUT2D eigenvalue weighted by atomic mass is 9.76. The molecule has 1 saturated carbocycles. The SMILES string of the molecule is Cc1c2c(nn1C1CCN(C(C)(C)C)CC1)-c1ccccc1OC21CCN(C(N)=O)C(CC2CC2)C1. The highest BCUT2D eigenvalue weighted by Crippen LogP contribution is 2.53. The fourth-order valence-electron chi connectivity index (χ4n) is 7.04. The Morgan fingerprint density at radius 2 is 1.86 bits per heavy atom. The monoisotopic (exact) mass is 491 g/mol. The van der Waals surface area contributed by atoms with Gasteiger partial charge in [-0.3, -0.25) is 9.58 Å². The maximum atomic E-state index is 12.3. The van der Waals surface area contributed by atoms with Crippen molar-refractivity contribution >= 4 is 6.03 Å². The average Bonchev–Trinajstić information content (AvgIpc) is 3.58. The molecule has 7 heteroatoms. The first kappa shape index (κ1) is 23.8. The number of ether oxygens (including phenoxy) is 1. The van der Waals surface area contributed by atoms with Crippen LogP contribution >= 0.6 is 0 Å². The van der Waals surface area contributed by atoms with E-state index in [1.165, 1.54) is 24.1 Å². The lowest BCUT2D eigenvalue weighted by Crippen LogP contribution is -2.55. The van der Waals surface area contributed by atoms with E-state index in [-0.39, 0.29) is 17.6 Å². The van der Waals surface area contributed by atoms with Gasteiger partial charge in [-0.2, -0.15) is 5.10 Å². The first-order valence-electron chi connectivity index (χ1n) is 13.9. The molecule has 3 aliphatic heterocycles. The van der Waals surface area contributed by atoms with Gasteiger partial charge in [-0.25, -0.2) is 4.79 Å². The van der Waals surface area contributed by atoms with Gasteiger partial charge in [0, 0.05) is 60.9 Å². The number of primary amides is 1. The number of aromatic nitrogens is 2. The van der Waals surface area contributed by atoms with Crippen LogP contribution in [0.25, 0.3) is 11.3 Å². The Kier molecular flexibility index (Phi) is 5.63. The number of piperidine rings is 2. The highest BCUT2D eigenvalue weighted by Gasteiger charge is 2.51. The molecular weight excluding hydrogens is 450 g/mol. The maximum absolute atomic E-state index is 12.3. The summed E-state index contributed by atoms with van der Waals surface area (Å²) in [6.45, 7) is 12.0. The highest BCUT2D eigenvalue weighted by molar-refractivity contribution is 5.75. The van der Waals surface area contributed by atoms with Crippen molar-refractivity contribution in [3.05, 3.63) is 35.5 Å². The van der Waals surface area contributed by atoms with E-state index >= 15 is 0 Å². The molecule has 6 rings (SSSR count). The summed E-state index contributed by atoms with van der Waals surface area (Å²) in [5.41, 5.74) is 10.2. The van der Waals surface area contributed by atoms with Gasteiger partial charge in [-0.1, -0.05) is 25.0 Å². The predicted molar refractivity (Wildman–Crippen MR) is 141 cm³/mol. The summed E-state index contributed by atoms with van der Waals surface area (Å²) in [6.07, 6.45) is 7.27. The maximum Gasteiger partial charge on any atom is 0.315 e. The summed E-state index contributed by atoms with van der Waals surface area (Å²) in [5, 5.41) is 5.32. The van der Waals surface area contributed by atoms with Crippen LogP contribution in [0.1, 0.15) is 83.0 Å². The minimum Gasteiger partial charge on any atom is -0.482 e. The zero-order valence-corrected chi connectivity index (χ0v) is 22.3. The van der Waals surface area contributed by atoms with Crippen LogP contribution in [0.4, 0.5) is 4.79 Å². The van der Waals surface area contributed by atoms with Crippen molar-refractivity contribution in [1.82, 2.24) is 19.6 Å². The summed E-state index contributed by atoms with van der Waals surface area (Å²) in [5.74, 6) is 1.62. The van der Waals surface area contributed by atoms with Gasteiger partial charge in [0.05, 0.1) is 6.04 Å². The number of hydrogen-bond acceptors (Lipinski definition) is 4. The summed E-state index contributed by atoms with van der Waals surface area (Å²) in [4.78, 5) is 16.8. The molecule has 2 aromatic rings.